The van der Waals surface area contributed by atoms with Crippen LogP contribution >= 0.6 is 11.6 Å². The number of ketones is 1. The van der Waals surface area contributed by atoms with Gasteiger partial charge in [-0.2, -0.15) is 0 Å². The van der Waals surface area contributed by atoms with E-state index in [1.165, 1.54) is 7.11 Å². The summed E-state index contributed by atoms with van der Waals surface area (Å²) in [7, 11) is 1.32. The van der Waals surface area contributed by atoms with E-state index < -0.39 is 17.4 Å². The lowest BCUT2D eigenvalue weighted by Gasteiger charge is -2.29. The summed E-state index contributed by atoms with van der Waals surface area (Å²) in [5.41, 5.74) is 0.897. The van der Waals surface area contributed by atoms with E-state index in [9.17, 15) is 9.59 Å². The quantitative estimate of drug-likeness (QED) is 0.332. The molecule has 2 heterocycles. The minimum atomic E-state index is -1.35. The average molecular weight is 404 g/mol. The third kappa shape index (κ3) is 2.39. The molecular weight excluding hydrogens is 386 g/mol. The molecule has 0 spiro atoms. The van der Waals surface area contributed by atoms with Gasteiger partial charge >= 0.3 is 5.97 Å². The van der Waals surface area contributed by atoms with E-state index in [1.54, 1.807) is 13.0 Å². The highest BCUT2D eigenvalue weighted by Crippen LogP contribution is 2.50. The van der Waals surface area contributed by atoms with Crippen LogP contribution in [0.5, 0.6) is 0 Å². The minimum absolute atomic E-state index is 0.241. The molecule has 3 aromatic carbocycles. The number of carbonyl (C=O) groups is 2. The molecule has 0 bridgehead atoms. The molecule has 0 amide bonds. The van der Waals surface area contributed by atoms with Crippen LogP contribution in [-0.4, -0.2) is 23.4 Å². The minimum Gasteiger partial charge on any atom is -0.468 e. The molecule has 0 saturated heterocycles. The number of ether oxygens (including phenoxy) is 1. The molecule has 5 heteroatoms. The summed E-state index contributed by atoms with van der Waals surface area (Å²) in [6.45, 7) is 1.68. The highest BCUT2D eigenvalue weighted by atomic mass is 35.5. The van der Waals surface area contributed by atoms with Crippen molar-refractivity contribution in [3.8, 4) is 0 Å². The number of methoxy groups -OCH3 is 1. The largest absolute Gasteiger partial charge is 0.468 e. The number of hydrogen-bond acceptors (Lipinski definition) is 3. The summed E-state index contributed by atoms with van der Waals surface area (Å²) in [4.78, 5) is 26.3. The van der Waals surface area contributed by atoms with Gasteiger partial charge in [0.1, 0.15) is 0 Å². The fourth-order valence-electron chi connectivity index (χ4n) is 4.59. The topological polar surface area (TPSA) is 48.3 Å². The van der Waals surface area contributed by atoms with Crippen molar-refractivity contribution in [1.82, 2.24) is 4.57 Å². The zero-order valence-corrected chi connectivity index (χ0v) is 16.7. The van der Waals surface area contributed by atoms with E-state index in [-0.39, 0.29) is 5.78 Å². The molecule has 4 aromatic rings. The van der Waals surface area contributed by atoms with E-state index in [0.29, 0.717) is 10.7 Å². The lowest BCUT2D eigenvalue weighted by molar-refractivity contribution is -0.149. The number of carbonyl (C=O) groups excluding carboxylic acids is 2. The van der Waals surface area contributed by atoms with Crippen molar-refractivity contribution >= 4 is 45.0 Å². The van der Waals surface area contributed by atoms with Gasteiger partial charge < -0.3 is 9.30 Å². The van der Waals surface area contributed by atoms with Gasteiger partial charge in [0, 0.05) is 15.9 Å². The molecule has 2 atom stereocenters. The number of aromatic nitrogens is 1. The summed E-state index contributed by atoms with van der Waals surface area (Å²) in [5.74, 6) is -0.777. The molecule has 1 aromatic heterocycles. The Balaban J connectivity index is 1.83. The van der Waals surface area contributed by atoms with Crippen LogP contribution in [0.3, 0.4) is 0 Å². The Hall–Kier alpha value is -3.11. The van der Waals surface area contributed by atoms with Gasteiger partial charge in [0.05, 0.1) is 18.8 Å². The van der Waals surface area contributed by atoms with Crippen LogP contribution in [0.4, 0.5) is 0 Å². The van der Waals surface area contributed by atoms with E-state index in [2.05, 4.69) is 0 Å². The molecule has 0 aliphatic carbocycles. The molecular formula is C24H18ClNO3. The number of nitrogens with zero attached hydrogens (tertiary/aromatic N) is 1. The highest BCUT2D eigenvalue weighted by Gasteiger charge is 2.57. The van der Waals surface area contributed by atoms with Gasteiger partial charge in [0.25, 0.3) is 0 Å². The van der Waals surface area contributed by atoms with Crippen LogP contribution < -0.4 is 0 Å². The van der Waals surface area contributed by atoms with Crippen molar-refractivity contribution in [2.24, 2.45) is 5.41 Å². The van der Waals surface area contributed by atoms with Gasteiger partial charge in [-0.1, -0.05) is 48.0 Å². The SMILES string of the molecule is COC(=O)[C@@]1(C)C(=O)c2cc3cc(Cl)ccc3n2[C@@H]1c1ccc2ccccc2c1. The van der Waals surface area contributed by atoms with E-state index >= 15 is 0 Å². The van der Waals surface area contributed by atoms with Crippen LogP contribution in [0.2, 0.25) is 5.02 Å². The molecule has 1 aliphatic heterocycles. The molecule has 29 heavy (non-hydrogen) atoms. The fourth-order valence-corrected chi connectivity index (χ4v) is 4.77. The van der Waals surface area contributed by atoms with Gasteiger partial charge in [-0.3, -0.25) is 9.59 Å². The van der Waals surface area contributed by atoms with Crippen molar-refractivity contribution in [3.05, 3.63) is 83.0 Å². The Morgan fingerprint density at radius 1 is 1.00 bits per heavy atom. The molecule has 1 aliphatic rings. The Morgan fingerprint density at radius 3 is 2.52 bits per heavy atom. The molecule has 0 unspecified atom stereocenters. The number of rotatable bonds is 2. The molecule has 5 rings (SSSR count). The van der Waals surface area contributed by atoms with Crippen molar-refractivity contribution in [3.63, 3.8) is 0 Å². The van der Waals surface area contributed by atoms with Gasteiger partial charge in [0.15, 0.2) is 11.2 Å². The molecule has 0 fully saturated rings. The predicted molar refractivity (Wildman–Crippen MR) is 113 cm³/mol. The zero-order chi connectivity index (χ0) is 20.3. The van der Waals surface area contributed by atoms with Crippen LogP contribution in [-0.2, 0) is 9.53 Å². The normalized spacial score (nSPS) is 20.9. The maximum Gasteiger partial charge on any atom is 0.322 e. The predicted octanol–water partition coefficient (Wildman–Crippen LogP) is 5.41. The second-order valence-corrected chi connectivity index (χ2v) is 8.07. The number of fused-ring (bicyclic) bond motifs is 4. The Bertz CT molecular complexity index is 1320. The number of Topliss-reactive ketones (excluding diaryl/α,β-unsaturated/α-hetero) is 1. The maximum atomic E-state index is 13.5. The Kier molecular flexibility index (Phi) is 3.83. The standard InChI is InChI=1S/C24H18ClNO3/c1-24(23(28)29-2)21(16-8-7-14-5-3-4-6-15(14)11-16)26-19-10-9-18(25)12-17(19)13-20(26)22(24)27/h3-13,21H,1-2H3/t21-,24-/m1/s1. The molecule has 0 saturated carbocycles. The summed E-state index contributed by atoms with van der Waals surface area (Å²) in [6.07, 6.45) is 0. The smallest absolute Gasteiger partial charge is 0.322 e. The molecule has 144 valence electrons. The molecule has 0 N–H and O–H groups in total. The van der Waals surface area contributed by atoms with E-state index in [0.717, 1.165) is 27.2 Å². The number of benzene rings is 3. The van der Waals surface area contributed by atoms with Crippen LogP contribution in [0.1, 0.15) is 29.0 Å². The third-order valence-electron chi connectivity index (χ3n) is 6.01. The average Bonchev–Trinajstić information content (AvgIpc) is 3.19. The maximum absolute atomic E-state index is 13.5. The molecule has 0 radical (unpaired) electrons. The van der Waals surface area contributed by atoms with Gasteiger partial charge in [-0.15, -0.1) is 0 Å². The molecule has 4 nitrogen and oxygen atoms in total. The second kappa shape index (κ2) is 6.19. The van der Waals surface area contributed by atoms with Crippen LogP contribution in [0.25, 0.3) is 21.7 Å². The van der Waals surface area contributed by atoms with E-state index in [4.69, 9.17) is 16.3 Å². The first kappa shape index (κ1) is 18.0. The van der Waals surface area contributed by atoms with Crippen LogP contribution in [0, 0.1) is 5.41 Å². The third-order valence-corrected chi connectivity index (χ3v) is 6.24. The Labute approximate surface area is 172 Å². The Morgan fingerprint density at radius 2 is 1.76 bits per heavy atom. The van der Waals surface area contributed by atoms with E-state index in [1.807, 2.05) is 65.2 Å². The summed E-state index contributed by atoms with van der Waals surface area (Å²) >= 11 is 6.16. The number of halogens is 1. The van der Waals surface area contributed by atoms with Crippen molar-refractivity contribution in [2.75, 3.05) is 7.11 Å². The lowest BCUT2D eigenvalue weighted by Crippen LogP contribution is -2.39. The summed E-state index contributed by atoms with van der Waals surface area (Å²) in [5, 5.41) is 3.63. The number of esters is 1. The van der Waals surface area contributed by atoms with Crippen molar-refractivity contribution in [2.45, 2.75) is 13.0 Å². The first-order chi connectivity index (χ1) is 13.9. The van der Waals surface area contributed by atoms with Crippen LogP contribution in [0.15, 0.2) is 66.7 Å². The monoisotopic (exact) mass is 403 g/mol. The highest BCUT2D eigenvalue weighted by molar-refractivity contribution is 6.31. The van der Waals surface area contributed by atoms with Crippen molar-refractivity contribution < 1.29 is 14.3 Å². The van der Waals surface area contributed by atoms with Gasteiger partial charge in [0.2, 0.25) is 0 Å². The number of hydrogen-bond donors (Lipinski definition) is 0. The summed E-state index contributed by atoms with van der Waals surface area (Å²) in [6, 6.07) is 20.9. The van der Waals surface area contributed by atoms with Crippen molar-refractivity contribution in [1.29, 1.82) is 0 Å². The fraction of sp³-hybridized carbons (Fsp3) is 0.167. The zero-order valence-electron chi connectivity index (χ0n) is 16.0. The second-order valence-electron chi connectivity index (χ2n) is 7.63. The van der Waals surface area contributed by atoms with Gasteiger partial charge in [-0.25, -0.2) is 0 Å². The first-order valence-electron chi connectivity index (χ1n) is 9.37. The first-order valence-corrected chi connectivity index (χ1v) is 9.75. The summed E-state index contributed by atoms with van der Waals surface area (Å²) < 4.78 is 7.04. The lowest BCUT2D eigenvalue weighted by atomic mass is 9.76. The van der Waals surface area contributed by atoms with Gasteiger partial charge in [-0.05, 0) is 53.6 Å².